The van der Waals surface area contributed by atoms with Crippen molar-refractivity contribution < 1.29 is 4.79 Å². The summed E-state index contributed by atoms with van der Waals surface area (Å²) in [4.78, 5) is 18.3. The number of nitriles is 1. The van der Waals surface area contributed by atoms with Crippen LogP contribution in [0.3, 0.4) is 0 Å². The van der Waals surface area contributed by atoms with Gasteiger partial charge in [0.1, 0.15) is 0 Å². The van der Waals surface area contributed by atoms with Gasteiger partial charge in [-0.3, -0.25) is 9.69 Å². The maximum atomic E-state index is 12.6. The molecule has 0 bridgehead atoms. The average molecular weight is 325 g/mol. The summed E-state index contributed by atoms with van der Waals surface area (Å²) in [5.74, 6) is 0.0625. The maximum Gasteiger partial charge on any atom is 0.253 e. The molecule has 0 aliphatic carbocycles. The third-order valence-corrected chi connectivity index (χ3v) is 4.96. The number of amides is 1. The van der Waals surface area contributed by atoms with E-state index in [4.69, 9.17) is 5.26 Å². The average Bonchev–Trinajstić information content (AvgIpc) is 2.99. The number of carbonyl (C=O) groups is 1. The van der Waals surface area contributed by atoms with Crippen LogP contribution in [0.1, 0.15) is 27.2 Å². The smallest absolute Gasteiger partial charge is 0.253 e. The van der Waals surface area contributed by atoms with E-state index in [1.165, 1.54) is 4.88 Å². The Labute approximate surface area is 140 Å². The fraction of sp³-hybridized carbons (Fsp3) is 0.333. The molecule has 1 aromatic carbocycles. The van der Waals surface area contributed by atoms with Crippen molar-refractivity contribution in [3.05, 3.63) is 57.8 Å². The first-order valence-corrected chi connectivity index (χ1v) is 8.68. The van der Waals surface area contributed by atoms with Gasteiger partial charge in [0.15, 0.2) is 0 Å². The molecule has 3 rings (SSSR count). The predicted molar refractivity (Wildman–Crippen MR) is 91.3 cm³/mol. The quantitative estimate of drug-likeness (QED) is 0.871. The number of nitrogens with zero attached hydrogens (tertiary/aromatic N) is 3. The number of rotatable bonds is 3. The molecular weight excluding hydrogens is 306 g/mol. The summed E-state index contributed by atoms with van der Waals surface area (Å²) in [6.07, 6.45) is 0.993. The van der Waals surface area contributed by atoms with Crippen molar-refractivity contribution in [3.63, 3.8) is 0 Å². The molecule has 1 aliphatic heterocycles. The molecule has 0 saturated carbocycles. The highest BCUT2D eigenvalue weighted by Gasteiger charge is 2.20. The third-order valence-electron chi connectivity index (χ3n) is 4.10. The summed E-state index contributed by atoms with van der Waals surface area (Å²) in [6.45, 7) is 4.44. The van der Waals surface area contributed by atoms with Crippen molar-refractivity contribution in [3.8, 4) is 6.07 Å². The minimum atomic E-state index is 0.0625. The predicted octanol–water partition coefficient (Wildman–Crippen LogP) is 2.97. The van der Waals surface area contributed by atoms with E-state index < -0.39 is 0 Å². The Morgan fingerprint density at radius 1 is 1.13 bits per heavy atom. The summed E-state index contributed by atoms with van der Waals surface area (Å²) >= 11 is 1.78. The zero-order chi connectivity index (χ0) is 16.1. The van der Waals surface area contributed by atoms with E-state index in [0.29, 0.717) is 11.1 Å². The molecule has 118 valence electrons. The van der Waals surface area contributed by atoms with Crippen molar-refractivity contribution in [2.75, 3.05) is 26.2 Å². The second kappa shape index (κ2) is 7.40. The number of hydrogen-bond acceptors (Lipinski definition) is 4. The Morgan fingerprint density at radius 3 is 2.65 bits per heavy atom. The van der Waals surface area contributed by atoms with Gasteiger partial charge >= 0.3 is 0 Å². The summed E-state index contributed by atoms with van der Waals surface area (Å²) in [6, 6.07) is 13.2. The van der Waals surface area contributed by atoms with E-state index >= 15 is 0 Å². The second-order valence-corrected chi connectivity index (χ2v) is 6.72. The number of hydrogen-bond donors (Lipinski definition) is 0. The standard InChI is InChI=1S/C18H19N3OS/c19-13-15-4-6-16(7-5-15)18(22)21-9-2-8-20(10-11-21)14-17-3-1-12-23-17/h1,3-7,12H,2,8-11,14H2. The highest BCUT2D eigenvalue weighted by atomic mass is 32.1. The lowest BCUT2D eigenvalue weighted by Gasteiger charge is -2.21. The van der Waals surface area contributed by atoms with Crippen LogP contribution in [-0.2, 0) is 6.54 Å². The Hall–Kier alpha value is -2.16. The van der Waals surface area contributed by atoms with Gasteiger partial charge in [0, 0.05) is 43.2 Å². The fourth-order valence-corrected chi connectivity index (χ4v) is 3.57. The Morgan fingerprint density at radius 2 is 1.96 bits per heavy atom. The molecule has 1 saturated heterocycles. The van der Waals surface area contributed by atoms with Gasteiger partial charge in [0.2, 0.25) is 0 Å². The van der Waals surface area contributed by atoms with Crippen molar-refractivity contribution in [2.45, 2.75) is 13.0 Å². The molecule has 0 N–H and O–H groups in total. The number of carbonyl (C=O) groups excluding carboxylic acids is 1. The van der Waals surface area contributed by atoms with E-state index in [1.54, 1.807) is 35.6 Å². The molecule has 23 heavy (non-hydrogen) atoms. The topological polar surface area (TPSA) is 47.3 Å². The molecule has 1 aromatic heterocycles. The molecule has 2 aromatic rings. The highest BCUT2D eigenvalue weighted by molar-refractivity contribution is 7.09. The molecule has 0 spiro atoms. The largest absolute Gasteiger partial charge is 0.337 e. The Balaban J connectivity index is 1.60. The minimum Gasteiger partial charge on any atom is -0.337 e. The summed E-state index contributed by atoms with van der Waals surface area (Å²) in [5, 5.41) is 10.9. The van der Waals surface area contributed by atoms with Crippen molar-refractivity contribution in [2.24, 2.45) is 0 Å². The van der Waals surface area contributed by atoms with Crippen LogP contribution in [-0.4, -0.2) is 41.9 Å². The fourth-order valence-electron chi connectivity index (χ4n) is 2.82. The first-order valence-electron chi connectivity index (χ1n) is 7.80. The maximum absolute atomic E-state index is 12.6. The van der Waals surface area contributed by atoms with E-state index in [-0.39, 0.29) is 5.91 Å². The molecule has 4 nitrogen and oxygen atoms in total. The summed E-state index contributed by atoms with van der Waals surface area (Å²) in [7, 11) is 0. The molecule has 0 unspecified atom stereocenters. The second-order valence-electron chi connectivity index (χ2n) is 5.69. The molecule has 0 atom stereocenters. The number of benzene rings is 1. The van der Waals surface area contributed by atoms with Crippen LogP contribution in [0.4, 0.5) is 0 Å². The van der Waals surface area contributed by atoms with Crippen molar-refractivity contribution in [1.82, 2.24) is 9.80 Å². The first kappa shape index (κ1) is 15.7. The van der Waals surface area contributed by atoms with Crippen LogP contribution in [0.2, 0.25) is 0 Å². The van der Waals surface area contributed by atoms with Gasteiger partial charge in [-0.15, -0.1) is 11.3 Å². The van der Waals surface area contributed by atoms with E-state index in [0.717, 1.165) is 39.1 Å². The van der Waals surface area contributed by atoms with Crippen LogP contribution >= 0.6 is 11.3 Å². The zero-order valence-electron chi connectivity index (χ0n) is 12.9. The lowest BCUT2D eigenvalue weighted by Crippen LogP contribution is -2.35. The Bertz CT molecular complexity index is 688. The van der Waals surface area contributed by atoms with Gasteiger partial charge in [-0.1, -0.05) is 6.07 Å². The van der Waals surface area contributed by atoms with Crippen LogP contribution in [0.25, 0.3) is 0 Å². The van der Waals surface area contributed by atoms with Crippen molar-refractivity contribution >= 4 is 17.2 Å². The zero-order valence-corrected chi connectivity index (χ0v) is 13.8. The summed E-state index contributed by atoms with van der Waals surface area (Å²) < 4.78 is 0. The summed E-state index contributed by atoms with van der Waals surface area (Å²) in [5.41, 5.74) is 1.25. The van der Waals surface area contributed by atoms with Crippen LogP contribution < -0.4 is 0 Å². The molecular formula is C18H19N3OS. The van der Waals surface area contributed by atoms with E-state index in [9.17, 15) is 4.79 Å². The van der Waals surface area contributed by atoms with Gasteiger partial charge in [0.05, 0.1) is 11.6 Å². The lowest BCUT2D eigenvalue weighted by molar-refractivity contribution is 0.0761. The molecule has 0 radical (unpaired) electrons. The van der Waals surface area contributed by atoms with Crippen LogP contribution in [0.5, 0.6) is 0 Å². The lowest BCUT2D eigenvalue weighted by atomic mass is 10.1. The minimum absolute atomic E-state index is 0.0625. The third kappa shape index (κ3) is 3.98. The van der Waals surface area contributed by atoms with Crippen LogP contribution in [0.15, 0.2) is 41.8 Å². The van der Waals surface area contributed by atoms with E-state index in [2.05, 4.69) is 28.5 Å². The van der Waals surface area contributed by atoms with Crippen molar-refractivity contribution in [1.29, 1.82) is 5.26 Å². The first-order chi connectivity index (χ1) is 11.3. The monoisotopic (exact) mass is 325 g/mol. The van der Waals surface area contributed by atoms with Gasteiger partial charge in [-0.25, -0.2) is 0 Å². The molecule has 5 heteroatoms. The van der Waals surface area contributed by atoms with Gasteiger partial charge in [-0.2, -0.15) is 5.26 Å². The van der Waals surface area contributed by atoms with Gasteiger partial charge in [-0.05, 0) is 42.1 Å². The number of thiophene rings is 1. The van der Waals surface area contributed by atoms with Crippen LogP contribution in [0, 0.1) is 11.3 Å². The highest BCUT2D eigenvalue weighted by Crippen LogP contribution is 2.15. The molecule has 1 fully saturated rings. The molecule has 1 aliphatic rings. The molecule has 2 heterocycles. The normalized spacial score (nSPS) is 15.9. The van der Waals surface area contributed by atoms with Gasteiger partial charge < -0.3 is 4.90 Å². The SMILES string of the molecule is N#Cc1ccc(C(=O)N2CCCN(Cc3cccs3)CC2)cc1. The van der Waals surface area contributed by atoms with Gasteiger partial charge in [0.25, 0.3) is 5.91 Å². The Kier molecular flexibility index (Phi) is 5.06. The van der Waals surface area contributed by atoms with E-state index in [1.807, 2.05) is 4.90 Å². The molecule has 1 amide bonds.